The summed E-state index contributed by atoms with van der Waals surface area (Å²) in [7, 11) is 0. The summed E-state index contributed by atoms with van der Waals surface area (Å²) in [5.74, 6) is 0.0423. The average molecular weight is 470 g/mol. The molecule has 5 rings (SSSR count). The van der Waals surface area contributed by atoms with E-state index in [2.05, 4.69) is 27.1 Å². The molecule has 3 aromatic heterocycles. The quantitative estimate of drug-likeness (QED) is 0.435. The molecule has 0 amide bonds. The van der Waals surface area contributed by atoms with Crippen molar-refractivity contribution in [2.45, 2.75) is 32.1 Å². The zero-order valence-electron chi connectivity index (χ0n) is 18.5. The fraction of sp³-hybridized carbons (Fsp3) is 0.292. The number of piperazine rings is 1. The van der Waals surface area contributed by atoms with Crippen molar-refractivity contribution < 1.29 is 17.6 Å². The molecule has 1 N–H and O–H groups in total. The Balaban J connectivity index is 1.72. The molecule has 6 nitrogen and oxygen atoms in total. The number of anilines is 1. The molecular formula is C24H22F4N6. The number of nitrogens with zero attached hydrogens (tertiary/aromatic N) is 5. The van der Waals surface area contributed by atoms with Crippen molar-refractivity contribution in [2.24, 2.45) is 0 Å². The van der Waals surface area contributed by atoms with Crippen LogP contribution in [-0.4, -0.2) is 44.7 Å². The van der Waals surface area contributed by atoms with Gasteiger partial charge in [0.15, 0.2) is 5.65 Å². The minimum atomic E-state index is -4.53. The molecule has 1 aromatic carbocycles. The molecule has 1 aliphatic heterocycles. The van der Waals surface area contributed by atoms with E-state index in [-0.39, 0.29) is 17.9 Å². The van der Waals surface area contributed by atoms with Crippen LogP contribution < -0.4 is 10.2 Å². The number of halogens is 4. The lowest BCUT2D eigenvalue weighted by Crippen LogP contribution is -2.55. The smallest absolute Gasteiger partial charge is 0.335 e. The number of pyridine rings is 1. The van der Waals surface area contributed by atoms with Gasteiger partial charge in [-0.1, -0.05) is 18.2 Å². The first-order chi connectivity index (χ1) is 16.2. The van der Waals surface area contributed by atoms with E-state index in [0.29, 0.717) is 34.7 Å². The van der Waals surface area contributed by atoms with Crippen LogP contribution in [0.15, 0.2) is 55.0 Å². The first-order valence-electron chi connectivity index (χ1n) is 10.9. The molecule has 1 saturated heterocycles. The highest BCUT2D eigenvalue weighted by Gasteiger charge is 2.31. The number of fused-ring (bicyclic) bond motifs is 1. The van der Waals surface area contributed by atoms with Crippen molar-refractivity contribution in [1.29, 1.82) is 0 Å². The standard InChI is InChI=1S/C24H22F4N6/c1-14-12-33(15(2)10-30-14)23-31-11-18-19(17-5-3-4-6-20(17)25)13-34(22(18)32-23)21-9-16(7-8-29-21)24(26,27)28/h3-9,11,13-15,30H,10,12H2,1-2H3/t14-,15+/m1/s1. The minimum Gasteiger partial charge on any atom is -0.335 e. The van der Waals surface area contributed by atoms with Gasteiger partial charge in [0.1, 0.15) is 11.6 Å². The summed E-state index contributed by atoms with van der Waals surface area (Å²) >= 11 is 0. The molecule has 1 fully saturated rings. The molecule has 176 valence electrons. The monoisotopic (exact) mass is 470 g/mol. The van der Waals surface area contributed by atoms with Gasteiger partial charge in [0.25, 0.3) is 0 Å². The Hall–Kier alpha value is -3.53. The molecule has 0 radical (unpaired) electrons. The average Bonchev–Trinajstić information content (AvgIpc) is 3.19. The van der Waals surface area contributed by atoms with Gasteiger partial charge in [0, 0.05) is 60.3 Å². The van der Waals surface area contributed by atoms with Gasteiger partial charge in [-0.05, 0) is 32.0 Å². The molecule has 0 aliphatic carbocycles. The van der Waals surface area contributed by atoms with Gasteiger partial charge < -0.3 is 10.2 Å². The molecule has 10 heteroatoms. The van der Waals surface area contributed by atoms with E-state index in [9.17, 15) is 17.6 Å². The largest absolute Gasteiger partial charge is 0.416 e. The Morgan fingerprint density at radius 2 is 1.85 bits per heavy atom. The minimum absolute atomic E-state index is 0.0359. The van der Waals surface area contributed by atoms with Crippen LogP contribution in [0.25, 0.3) is 28.0 Å². The maximum Gasteiger partial charge on any atom is 0.416 e. The SMILES string of the molecule is C[C@@H]1CN(c2ncc3c(-c4ccccc4F)cn(-c4cc(C(F)(F)F)ccn4)c3n2)[C@@H](C)CN1. The van der Waals surface area contributed by atoms with Crippen LogP contribution in [0.1, 0.15) is 19.4 Å². The fourth-order valence-corrected chi connectivity index (χ4v) is 4.23. The van der Waals surface area contributed by atoms with Crippen LogP contribution >= 0.6 is 0 Å². The second-order valence-corrected chi connectivity index (χ2v) is 8.51. The van der Waals surface area contributed by atoms with E-state index in [0.717, 1.165) is 24.9 Å². The van der Waals surface area contributed by atoms with Crippen molar-refractivity contribution in [1.82, 2.24) is 24.8 Å². The zero-order chi connectivity index (χ0) is 24.0. The second kappa shape index (κ2) is 8.35. The highest BCUT2D eigenvalue weighted by Crippen LogP contribution is 2.35. The zero-order valence-corrected chi connectivity index (χ0v) is 18.5. The fourth-order valence-electron chi connectivity index (χ4n) is 4.23. The van der Waals surface area contributed by atoms with Crippen LogP contribution in [-0.2, 0) is 6.18 Å². The highest BCUT2D eigenvalue weighted by molar-refractivity contribution is 5.95. The maximum atomic E-state index is 14.7. The summed E-state index contributed by atoms with van der Waals surface area (Å²) in [5, 5.41) is 3.91. The molecule has 0 saturated carbocycles. The van der Waals surface area contributed by atoms with Gasteiger partial charge in [-0.25, -0.2) is 14.4 Å². The number of hydrogen-bond acceptors (Lipinski definition) is 5. The molecule has 0 spiro atoms. The highest BCUT2D eigenvalue weighted by atomic mass is 19.4. The second-order valence-electron chi connectivity index (χ2n) is 8.51. The van der Waals surface area contributed by atoms with E-state index < -0.39 is 17.6 Å². The number of aromatic nitrogens is 4. The maximum absolute atomic E-state index is 14.7. The Kier molecular flexibility index (Phi) is 5.47. The Bertz CT molecular complexity index is 1350. The van der Waals surface area contributed by atoms with Crippen molar-refractivity contribution >= 4 is 17.0 Å². The molecule has 1 aliphatic rings. The number of rotatable bonds is 3. The third-order valence-corrected chi connectivity index (χ3v) is 6.04. The summed E-state index contributed by atoms with van der Waals surface area (Å²) in [6, 6.07) is 8.44. The summed E-state index contributed by atoms with van der Waals surface area (Å²) in [4.78, 5) is 15.5. The summed E-state index contributed by atoms with van der Waals surface area (Å²) in [6.07, 6.45) is -0.257. The molecule has 34 heavy (non-hydrogen) atoms. The topological polar surface area (TPSA) is 58.9 Å². The lowest BCUT2D eigenvalue weighted by atomic mass is 10.1. The van der Waals surface area contributed by atoms with Crippen molar-refractivity contribution in [2.75, 3.05) is 18.0 Å². The predicted molar refractivity (Wildman–Crippen MR) is 121 cm³/mol. The van der Waals surface area contributed by atoms with Crippen LogP contribution in [0.2, 0.25) is 0 Å². The van der Waals surface area contributed by atoms with Gasteiger partial charge in [0.2, 0.25) is 5.95 Å². The number of alkyl halides is 3. The van der Waals surface area contributed by atoms with E-state index in [1.54, 1.807) is 30.6 Å². The van der Waals surface area contributed by atoms with Crippen LogP contribution in [0.5, 0.6) is 0 Å². The lowest BCUT2D eigenvalue weighted by molar-refractivity contribution is -0.137. The molecule has 4 aromatic rings. The Morgan fingerprint density at radius 3 is 2.62 bits per heavy atom. The molecule has 0 bridgehead atoms. The van der Waals surface area contributed by atoms with Gasteiger partial charge in [-0.2, -0.15) is 18.2 Å². The van der Waals surface area contributed by atoms with E-state index in [4.69, 9.17) is 4.98 Å². The molecular weight excluding hydrogens is 448 g/mol. The summed E-state index contributed by atoms with van der Waals surface area (Å²) in [6.45, 7) is 5.53. The molecule has 4 heterocycles. The molecule has 2 atom stereocenters. The van der Waals surface area contributed by atoms with E-state index in [1.165, 1.54) is 10.6 Å². The van der Waals surface area contributed by atoms with Crippen molar-refractivity contribution in [3.8, 4) is 16.9 Å². The predicted octanol–water partition coefficient (Wildman–Crippen LogP) is 4.83. The number of benzene rings is 1. The van der Waals surface area contributed by atoms with E-state index >= 15 is 0 Å². The third-order valence-electron chi connectivity index (χ3n) is 6.04. The number of hydrogen-bond donors (Lipinski definition) is 1. The Morgan fingerprint density at radius 1 is 1.06 bits per heavy atom. The van der Waals surface area contributed by atoms with Crippen LogP contribution in [0.3, 0.4) is 0 Å². The summed E-state index contributed by atoms with van der Waals surface area (Å²) < 4.78 is 56.3. The first-order valence-corrected chi connectivity index (χ1v) is 10.9. The van der Waals surface area contributed by atoms with Gasteiger partial charge in [0.05, 0.1) is 5.56 Å². The normalized spacial score (nSPS) is 19.1. The van der Waals surface area contributed by atoms with Crippen molar-refractivity contribution in [3.05, 3.63) is 66.4 Å². The van der Waals surface area contributed by atoms with E-state index in [1.807, 2.05) is 6.92 Å². The van der Waals surface area contributed by atoms with Gasteiger partial charge >= 0.3 is 6.18 Å². The van der Waals surface area contributed by atoms with Crippen LogP contribution in [0, 0.1) is 5.82 Å². The van der Waals surface area contributed by atoms with Crippen molar-refractivity contribution in [3.63, 3.8) is 0 Å². The molecule has 0 unspecified atom stereocenters. The summed E-state index contributed by atoms with van der Waals surface area (Å²) in [5.41, 5.74) is 0.304. The lowest BCUT2D eigenvalue weighted by Gasteiger charge is -2.37. The first kappa shape index (κ1) is 22.3. The van der Waals surface area contributed by atoms with Gasteiger partial charge in [-0.15, -0.1) is 0 Å². The van der Waals surface area contributed by atoms with Gasteiger partial charge in [-0.3, -0.25) is 4.57 Å². The number of nitrogens with one attached hydrogen (secondary N) is 1. The Labute approximate surface area is 193 Å². The van der Waals surface area contributed by atoms with Crippen LogP contribution in [0.4, 0.5) is 23.5 Å². The third kappa shape index (κ3) is 3.98.